The number of benzene rings is 2. The van der Waals surface area contributed by atoms with Crippen molar-refractivity contribution in [3.63, 3.8) is 0 Å². The van der Waals surface area contributed by atoms with Crippen LogP contribution >= 0.6 is 0 Å². The van der Waals surface area contributed by atoms with Crippen molar-refractivity contribution in [2.45, 2.75) is 32.6 Å². The van der Waals surface area contributed by atoms with E-state index in [9.17, 15) is 14.7 Å². The Morgan fingerprint density at radius 2 is 1.71 bits per heavy atom. The maximum Gasteiger partial charge on any atom is 0.220 e. The fraction of sp³-hybridized carbons (Fsp3) is 0.300. The van der Waals surface area contributed by atoms with Crippen molar-refractivity contribution in [2.75, 3.05) is 6.54 Å². The average molecular weight is 325 g/mol. The minimum Gasteiger partial charge on any atom is -0.508 e. The number of amides is 1. The van der Waals surface area contributed by atoms with Gasteiger partial charge in [-0.25, -0.2) is 0 Å². The lowest BCUT2D eigenvalue weighted by atomic mass is 10.0. The number of aromatic hydroxyl groups is 1. The van der Waals surface area contributed by atoms with Gasteiger partial charge < -0.3 is 10.4 Å². The van der Waals surface area contributed by atoms with Crippen molar-refractivity contribution in [1.29, 1.82) is 0 Å². The summed E-state index contributed by atoms with van der Waals surface area (Å²) in [6.07, 6.45) is 2.10. The van der Waals surface area contributed by atoms with E-state index < -0.39 is 0 Å². The van der Waals surface area contributed by atoms with Crippen LogP contribution in [0.2, 0.25) is 0 Å². The second kappa shape index (κ2) is 8.87. The molecule has 2 aromatic carbocycles. The lowest BCUT2D eigenvalue weighted by Gasteiger charge is -2.07. The quantitative estimate of drug-likeness (QED) is 0.577. The third kappa shape index (κ3) is 5.54. The fourth-order valence-corrected chi connectivity index (χ4v) is 2.52. The van der Waals surface area contributed by atoms with Crippen LogP contribution < -0.4 is 5.32 Å². The highest BCUT2D eigenvalue weighted by Crippen LogP contribution is 2.12. The molecule has 0 saturated heterocycles. The van der Waals surface area contributed by atoms with Crippen LogP contribution in [0.25, 0.3) is 0 Å². The number of ketones is 1. The molecular formula is C20H23NO3. The molecule has 1 amide bonds. The fourth-order valence-electron chi connectivity index (χ4n) is 2.52. The third-order valence-corrected chi connectivity index (χ3v) is 3.93. The van der Waals surface area contributed by atoms with E-state index in [1.54, 1.807) is 18.2 Å². The molecule has 2 N–H and O–H groups in total. The predicted molar refractivity (Wildman–Crippen MR) is 94.2 cm³/mol. The van der Waals surface area contributed by atoms with Gasteiger partial charge in [0.15, 0.2) is 5.78 Å². The number of phenols is 1. The van der Waals surface area contributed by atoms with Crippen molar-refractivity contribution in [2.24, 2.45) is 0 Å². The Morgan fingerprint density at radius 1 is 1.00 bits per heavy atom. The van der Waals surface area contributed by atoms with Crippen molar-refractivity contribution in [1.82, 2.24) is 5.32 Å². The maximum atomic E-state index is 12.1. The van der Waals surface area contributed by atoms with Gasteiger partial charge in [0, 0.05) is 24.9 Å². The zero-order valence-corrected chi connectivity index (χ0v) is 13.9. The van der Waals surface area contributed by atoms with Crippen molar-refractivity contribution < 1.29 is 14.7 Å². The molecule has 0 heterocycles. The standard InChI is InChI=1S/C20H23NO3/c1-15-5-2-3-7-18(15)19(23)12-13-20(24)21-14-4-6-16-8-10-17(22)11-9-16/h2-3,5,7-11,22H,4,6,12-14H2,1H3,(H,21,24). The van der Waals surface area contributed by atoms with Gasteiger partial charge in [-0.05, 0) is 43.0 Å². The summed E-state index contributed by atoms with van der Waals surface area (Å²) in [5.41, 5.74) is 2.76. The Balaban J connectivity index is 1.65. The number of phenolic OH excluding ortho intramolecular Hbond substituents is 1. The van der Waals surface area contributed by atoms with E-state index in [0.29, 0.717) is 12.1 Å². The van der Waals surface area contributed by atoms with Crippen molar-refractivity contribution in [3.8, 4) is 5.75 Å². The summed E-state index contributed by atoms with van der Waals surface area (Å²) in [4.78, 5) is 23.9. The van der Waals surface area contributed by atoms with Crippen LogP contribution in [-0.2, 0) is 11.2 Å². The van der Waals surface area contributed by atoms with Crippen LogP contribution in [-0.4, -0.2) is 23.3 Å². The van der Waals surface area contributed by atoms with Crippen LogP contribution in [0.3, 0.4) is 0 Å². The van der Waals surface area contributed by atoms with Crippen LogP contribution in [0, 0.1) is 6.92 Å². The van der Waals surface area contributed by atoms with Gasteiger partial charge in [0.25, 0.3) is 0 Å². The first kappa shape index (κ1) is 17.7. The highest BCUT2D eigenvalue weighted by atomic mass is 16.3. The van der Waals surface area contributed by atoms with Gasteiger partial charge in [-0.3, -0.25) is 9.59 Å². The molecular weight excluding hydrogens is 302 g/mol. The first-order valence-corrected chi connectivity index (χ1v) is 8.19. The number of hydrogen-bond acceptors (Lipinski definition) is 3. The molecule has 0 atom stereocenters. The Hall–Kier alpha value is -2.62. The second-order valence-corrected chi connectivity index (χ2v) is 5.86. The molecule has 0 unspecified atom stereocenters. The number of hydrogen-bond donors (Lipinski definition) is 2. The molecule has 0 bridgehead atoms. The van der Waals surface area contributed by atoms with Crippen LogP contribution in [0.15, 0.2) is 48.5 Å². The predicted octanol–water partition coefficient (Wildman–Crippen LogP) is 3.41. The second-order valence-electron chi connectivity index (χ2n) is 5.86. The van der Waals surface area contributed by atoms with Crippen LogP contribution in [0.5, 0.6) is 5.75 Å². The van der Waals surface area contributed by atoms with Gasteiger partial charge in [0.05, 0.1) is 0 Å². The third-order valence-electron chi connectivity index (χ3n) is 3.93. The zero-order chi connectivity index (χ0) is 17.4. The Kier molecular flexibility index (Phi) is 6.55. The molecule has 0 radical (unpaired) electrons. The molecule has 0 aliphatic rings. The number of rotatable bonds is 8. The summed E-state index contributed by atoms with van der Waals surface area (Å²) in [5, 5.41) is 12.1. The first-order valence-electron chi connectivity index (χ1n) is 8.19. The molecule has 2 rings (SSSR count). The van der Waals surface area contributed by atoms with Gasteiger partial charge >= 0.3 is 0 Å². The van der Waals surface area contributed by atoms with Gasteiger partial charge in [-0.15, -0.1) is 0 Å². The smallest absolute Gasteiger partial charge is 0.220 e. The Bertz CT molecular complexity index is 692. The van der Waals surface area contributed by atoms with Gasteiger partial charge in [-0.1, -0.05) is 36.4 Å². The number of Topliss-reactive ketones (excluding diaryl/α,β-unsaturated/α-hetero) is 1. The van der Waals surface area contributed by atoms with E-state index in [-0.39, 0.29) is 30.3 Å². The van der Waals surface area contributed by atoms with Crippen molar-refractivity contribution >= 4 is 11.7 Å². The van der Waals surface area contributed by atoms with E-state index in [0.717, 1.165) is 24.0 Å². The number of nitrogens with one attached hydrogen (secondary N) is 1. The normalized spacial score (nSPS) is 10.4. The number of aryl methyl sites for hydroxylation is 2. The molecule has 0 fully saturated rings. The lowest BCUT2D eigenvalue weighted by Crippen LogP contribution is -2.25. The summed E-state index contributed by atoms with van der Waals surface area (Å²) in [7, 11) is 0. The summed E-state index contributed by atoms with van der Waals surface area (Å²) in [5.74, 6) is 0.167. The Morgan fingerprint density at radius 3 is 2.42 bits per heavy atom. The molecule has 0 saturated carbocycles. The molecule has 0 aliphatic carbocycles. The summed E-state index contributed by atoms with van der Waals surface area (Å²) in [6.45, 7) is 2.48. The largest absolute Gasteiger partial charge is 0.508 e. The molecule has 0 spiro atoms. The molecule has 4 heteroatoms. The minimum absolute atomic E-state index is 0.00680. The van der Waals surface area contributed by atoms with Gasteiger partial charge in [0.2, 0.25) is 5.91 Å². The Labute approximate surface area is 142 Å². The zero-order valence-electron chi connectivity index (χ0n) is 13.9. The van der Waals surface area contributed by atoms with E-state index >= 15 is 0 Å². The topological polar surface area (TPSA) is 66.4 Å². The SMILES string of the molecule is Cc1ccccc1C(=O)CCC(=O)NCCCc1ccc(O)cc1. The van der Waals surface area contributed by atoms with Crippen LogP contribution in [0.4, 0.5) is 0 Å². The van der Waals surface area contributed by atoms with E-state index in [1.807, 2.05) is 37.3 Å². The summed E-state index contributed by atoms with van der Waals surface area (Å²) >= 11 is 0. The number of carbonyl (C=O) groups is 2. The first-order chi connectivity index (χ1) is 11.6. The molecule has 0 aromatic heterocycles. The lowest BCUT2D eigenvalue weighted by molar-refractivity contribution is -0.121. The monoisotopic (exact) mass is 325 g/mol. The summed E-state index contributed by atoms with van der Waals surface area (Å²) < 4.78 is 0. The van der Waals surface area contributed by atoms with E-state index in [4.69, 9.17) is 0 Å². The van der Waals surface area contributed by atoms with E-state index in [2.05, 4.69) is 5.32 Å². The van der Waals surface area contributed by atoms with Gasteiger partial charge in [-0.2, -0.15) is 0 Å². The summed E-state index contributed by atoms with van der Waals surface area (Å²) in [6, 6.07) is 14.5. The minimum atomic E-state index is -0.0948. The molecule has 2 aromatic rings. The van der Waals surface area contributed by atoms with Gasteiger partial charge in [0.1, 0.15) is 5.75 Å². The highest BCUT2D eigenvalue weighted by Gasteiger charge is 2.10. The number of carbonyl (C=O) groups excluding carboxylic acids is 2. The molecule has 0 aliphatic heterocycles. The molecule has 126 valence electrons. The van der Waals surface area contributed by atoms with E-state index in [1.165, 1.54) is 0 Å². The molecule has 4 nitrogen and oxygen atoms in total. The maximum absolute atomic E-state index is 12.1. The molecule has 24 heavy (non-hydrogen) atoms. The van der Waals surface area contributed by atoms with Crippen molar-refractivity contribution in [3.05, 3.63) is 65.2 Å². The highest BCUT2D eigenvalue weighted by molar-refractivity contribution is 5.99. The van der Waals surface area contributed by atoms with Crippen LogP contribution in [0.1, 0.15) is 40.7 Å². The average Bonchev–Trinajstić information content (AvgIpc) is 2.58.